The lowest BCUT2D eigenvalue weighted by molar-refractivity contribution is 0.383. The predicted molar refractivity (Wildman–Crippen MR) is 90.4 cm³/mol. The Morgan fingerprint density at radius 1 is 1.00 bits per heavy atom. The number of likely N-dealkylation sites (N-methyl/N-ethyl adjacent to an activating group) is 1. The first kappa shape index (κ1) is 14.9. The van der Waals surface area contributed by atoms with Crippen molar-refractivity contribution in [3.63, 3.8) is 0 Å². The van der Waals surface area contributed by atoms with Crippen LogP contribution in [0.5, 0.6) is 0 Å². The van der Waals surface area contributed by atoms with Crippen molar-refractivity contribution in [2.75, 3.05) is 7.05 Å². The maximum absolute atomic E-state index is 6.31. The number of hydrogen-bond donors (Lipinski definition) is 1. The van der Waals surface area contributed by atoms with Crippen molar-refractivity contribution in [3.05, 3.63) is 69.2 Å². The highest BCUT2D eigenvalue weighted by molar-refractivity contribution is 6.36. The molecule has 1 nitrogen and oxygen atoms in total. The van der Waals surface area contributed by atoms with Gasteiger partial charge in [-0.15, -0.1) is 0 Å². The fourth-order valence-electron chi connectivity index (χ4n) is 3.33. The van der Waals surface area contributed by atoms with E-state index in [4.69, 9.17) is 23.2 Å². The Morgan fingerprint density at radius 3 is 2.10 bits per heavy atom. The predicted octanol–water partition coefficient (Wildman–Crippen LogP) is 4.54. The maximum Gasteiger partial charge on any atom is 0.0453 e. The molecule has 1 unspecified atom stereocenters. The molecule has 3 rings (SSSR count). The molecule has 2 aromatic rings. The number of halogens is 2. The molecule has 0 spiro atoms. The number of benzene rings is 2. The van der Waals surface area contributed by atoms with E-state index in [1.807, 2.05) is 25.2 Å². The Kier molecular flexibility index (Phi) is 4.54. The number of hydrogen-bond acceptors (Lipinski definition) is 1. The van der Waals surface area contributed by atoms with Crippen LogP contribution >= 0.6 is 23.2 Å². The van der Waals surface area contributed by atoms with Crippen molar-refractivity contribution in [2.45, 2.75) is 25.3 Å². The van der Waals surface area contributed by atoms with Crippen LogP contribution in [0.1, 0.15) is 16.7 Å². The van der Waals surface area contributed by atoms with Gasteiger partial charge in [-0.2, -0.15) is 0 Å². The normalized spacial score (nSPS) is 16.0. The molecule has 2 aromatic carbocycles. The Hall–Kier alpha value is -1.02. The van der Waals surface area contributed by atoms with Gasteiger partial charge in [-0.05, 0) is 61.1 Å². The molecule has 0 aliphatic heterocycles. The molecule has 0 saturated heterocycles. The Morgan fingerprint density at radius 2 is 1.57 bits per heavy atom. The average molecular weight is 320 g/mol. The summed E-state index contributed by atoms with van der Waals surface area (Å²) in [6.07, 6.45) is 3.13. The second kappa shape index (κ2) is 6.39. The van der Waals surface area contributed by atoms with Crippen LogP contribution in [0.2, 0.25) is 10.0 Å². The maximum atomic E-state index is 6.31. The van der Waals surface area contributed by atoms with E-state index < -0.39 is 0 Å². The monoisotopic (exact) mass is 319 g/mol. The van der Waals surface area contributed by atoms with E-state index in [1.165, 1.54) is 11.1 Å². The summed E-state index contributed by atoms with van der Waals surface area (Å²) < 4.78 is 0. The molecule has 3 heteroatoms. The summed E-state index contributed by atoms with van der Waals surface area (Å²) in [7, 11) is 2.03. The van der Waals surface area contributed by atoms with E-state index in [-0.39, 0.29) is 0 Å². The quantitative estimate of drug-likeness (QED) is 0.872. The molecule has 0 saturated carbocycles. The van der Waals surface area contributed by atoms with Gasteiger partial charge in [-0.3, -0.25) is 0 Å². The minimum Gasteiger partial charge on any atom is -0.316 e. The fourth-order valence-corrected chi connectivity index (χ4v) is 3.88. The zero-order chi connectivity index (χ0) is 14.8. The Bertz CT molecular complexity index is 594. The van der Waals surface area contributed by atoms with Crippen LogP contribution in [0.4, 0.5) is 0 Å². The first-order valence-electron chi connectivity index (χ1n) is 7.36. The summed E-state index contributed by atoms with van der Waals surface area (Å²) in [5.74, 6) is 0.597. The molecule has 1 aliphatic rings. The van der Waals surface area contributed by atoms with Gasteiger partial charge in [-0.25, -0.2) is 0 Å². The van der Waals surface area contributed by atoms with E-state index >= 15 is 0 Å². The summed E-state index contributed by atoms with van der Waals surface area (Å²) in [6.45, 7) is 0. The minimum absolute atomic E-state index is 0.384. The number of rotatable bonds is 4. The molecule has 0 heterocycles. The third-order valence-electron chi connectivity index (χ3n) is 4.51. The van der Waals surface area contributed by atoms with Gasteiger partial charge in [0.15, 0.2) is 0 Å². The van der Waals surface area contributed by atoms with Crippen molar-refractivity contribution >= 4 is 23.2 Å². The van der Waals surface area contributed by atoms with Gasteiger partial charge < -0.3 is 5.32 Å². The first-order valence-corrected chi connectivity index (χ1v) is 8.11. The van der Waals surface area contributed by atoms with Crippen LogP contribution in [0.3, 0.4) is 0 Å². The first-order chi connectivity index (χ1) is 10.2. The average Bonchev–Trinajstić information content (AvgIpc) is 2.90. The molecular weight excluding hydrogens is 301 g/mol. The van der Waals surface area contributed by atoms with Crippen molar-refractivity contribution < 1.29 is 0 Å². The topological polar surface area (TPSA) is 12.0 Å². The lowest BCUT2D eigenvalue weighted by Crippen LogP contribution is -2.36. The van der Waals surface area contributed by atoms with Gasteiger partial charge in [0.05, 0.1) is 0 Å². The second-order valence-electron chi connectivity index (χ2n) is 5.74. The molecule has 1 aliphatic carbocycles. The third kappa shape index (κ3) is 3.11. The van der Waals surface area contributed by atoms with E-state index in [0.29, 0.717) is 12.0 Å². The second-order valence-corrected chi connectivity index (χ2v) is 6.55. The molecule has 0 bridgehead atoms. The van der Waals surface area contributed by atoms with Gasteiger partial charge in [0.25, 0.3) is 0 Å². The van der Waals surface area contributed by atoms with Crippen LogP contribution < -0.4 is 5.32 Å². The van der Waals surface area contributed by atoms with Crippen LogP contribution in [-0.2, 0) is 19.3 Å². The molecule has 21 heavy (non-hydrogen) atoms. The Balaban J connectivity index is 1.78. The molecule has 1 atom stereocenters. The van der Waals surface area contributed by atoms with Crippen LogP contribution in [-0.4, -0.2) is 13.1 Å². The van der Waals surface area contributed by atoms with Gasteiger partial charge in [0.1, 0.15) is 0 Å². The van der Waals surface area contributed by atoms with Crippen LogP contribution in [0, 0.1) is 5.92 Å². The molecule has 1 N–H and O–H groups in total. The highest BCUT2D eigenvalue weighted by Gasteiger charge is 2.28. The van der Waals surface area contributed by atoms with Crippen LogP contribution in [0.25, 0.3) is 0 Å². The number of nitrogens with one attached hydrogen (secondary N) is 1. The van der Waals surface area contributed by atoms with Crippen molar-refractivity contribution in [3.8, 4) is 0 Å². The van der Waals surface area contributed by atoms with Crippen molar-refractivity contribution in [1.82, 2.24) is 5.32 Å². The van der Waals surface area contributed by atoms with Gasteiger partial charge in [-0.1, -0.05) is 53.5 Å². The summed E-state index contributed by atoms with van der Waals surface area (Å²) >= 11 is 12.6. The molecule has 0 radical (unpaired) electrons. The Labute approximate surface area is 136 Å². The lowest BCUT2D eigenvalue weighted by Gasteiger charge is -2.24. The minimum atomic E-state index is 0.384. The van der Waals surface area contributed by atoms with Crippen molar-refractivity contribution in [2.24, 2.45) is 5.92 Å². The largest absolute Gasteiger partial charge is 0.316 e. The van der Waals surface area contributed by atoms with Gasteiger partial charge >= 0.3 is 0 Å². The molecule has 0 fully saturated rings. The summed E-state index contributed by atoms with van der Waals surface area (Å²) in [5.41, 5.74) is 4.01. The summed E-state index contributed by atoms with van der Waals surface area (Å²) in [6, 6.07) is 14.8. The lowest BCUT2D eigenvalue weighted by atomic mass is 9.91. The van der Waals surface area contributed by atoms with Gasteiger partial charge in [0, 0.05) is 16.1 Å². The SMILES string of the molecule is CNC(Cc1c(Cl)cccc1Cl)C1Cc2ccccc2C1. The number of fused-ring (bicyclic) bond motifs is 1. The van der Waals surface area contributed by atoms with Gasteiger partial charge in [0.2, 0.25) is 0 Å². The molecular formula is C18H19Cl2N. The highest BCUT2D eigenvalue weighted by atomic mass is 35.5. The highest BCUT2D eigenvalue weighted by Crippen LogP contribution is 2.32. The molecule has 0 aromatic heterocycles. The standard InChI is InChI=1S/C18H19Cl2N/c1-21-18(11-15-16(19)7-4-8-17(15)20)14-9-12-5-2-3-6-13(12)10-14/h2-8,14,18,21H,9-11H2,1H3. The smallest absolute Gasteiger partial charge is 0.0453 e. The van der Waals surface area contributed by atoms with Crippen molar-refractivity contribution in [1.29, 1.82) is 0 Å². The van der Waals surface area contributed by atoms with E-state index in [9.17, 15) is 0 Å². The summed E-state index contributed by atoms with van der Waals surface area (Å²) in [4.78, 5) is 0. The third-order valence-corrected chi connectivity index (χ3v) is 5.22. The van der Waals surface area contributed by atoms with Crippen LogP contribution in [0.15, 0.2) is 42.5 Å². The zero-order valence-electron chi connectivity index (χ0n) is 12.1. The zero-order valence-corrected chi connectivity index (χ0v) is 13.6. The van der Waals surface area contributed by atoms with E-state index in [2.05, 4.69) is 29.6 Å². The van der Waals surface area contributed by atoms with E-state index in [0.717, 1.165) is 34.9 Å². The fraction of sp³-hybridized carbons (Fsp3) is 0.333. The molecule has 110 valence electrons. The molecule has 0 amide bonds. The van der Waals surface area contributed by atoms with E-state index in [1.54, 1.807) is 0 Å². The summed E-state index contributed by atoms with van der Waals surface area (Å²) in [5, 5.41) is 4.99.